The van der Waals surface area contributed by atoms with Crippen LogP contribution >= 0.6 is 20.1 Å². The molecule has 4 atom stereocenters. The van der Waals surface area contributed by atoms with Crippen LogP contribution < -0.4 is 5.32 Å². The predicted molar refractivity (Wildman–Crippen MR) is 126 cm³/mol. The Morgan fingerprint density at radius 3 is 2.64 bits per heavy atom. The number of amides is 2. The molecule has 3 heterocycles. The van der Waals surface area contributed by atoms with E-state index in [1.54, 1.807) is 0 Å². The van der Waals surface area contributed by atoms with Crippen molar-refractivity contribution in [3.05, 3.63) is 34.7 Å². The predicted octanol–water partition coefficient (Wildman–Crippen LogP) is 3.05. The fourth-order valence-electron chi connectivity index (χ4n) is 4.79. The van der Waals surface area contributed by atoms with Gasteiger partial charge in [-0.25, -0.2) is 13.6 Å². The Morgan fingerprint density at radius 1 is 1.22 bits per heavy atom. The molecule has 0 bridgehead atoms. The van der Waals surface area contributed by atoms with Gasteiger partial charge < -0.3 is 20.2 Å². The number of halogens is 4. The van der Waals surface area contributed by atoms with Crippen molar-refractivity contribution >= 4 is 48.0 Å². The first-order valence-corrected chi connectivity index (χ1v) is 13.0. The summed E-state index contributed by atoms with van der Waals surface area (Å²) in [7, 11) is -1.63. The maximum absolute atomic E-state index is 13.9. The molecule has 0 spiro atoms. The number of nitrogens with one attached hydrogen (secondary N) is 1. The van der Waals surface area contributed by atoms with Crippen LogP contribution in [0.5, 0.6) is 0 Å². The quantitative estimate of drug-likeness (QED) is 0.362. The Balaban J connectivity index is 1.60. The molecule has 3 N–H and O–H groups in total. The molecule has 196 valence electrons. The van der Waals surface area contributed by atoms with E-state index >= 15 is 0 Å². The SMILES string of the molecule is O=C(N[C@H]1CN(CC(F)F)CC[C@H]2CC[C@@H](C(=O)O)N2C1=O)c1cc2cc(C(F)(F)PO)ccc2s1. The zero-order valence-electron chi connectivity index (χ0n) is 18.8. The molecule has 8 nitrogen and oxygen atoms in total. The number of fused-ring (bicyclic) bond motifs is 2. The second-order valence-electron chi connectivity index (χ2n) is 8.85. The summed E-state index contributed by atoms with van der Waals surface area (Å²) in [5.74, 6) is -2.52. The number of thiophene rings is 1. The summed E-state index contributed by atoms with van der Waals surface area (Å²) in [6.07, 6.45) is -1.65. The van der Waals surface area contributed by atoms with E-state index in [-0.39, 0.29) is 24.4 Å². The number of carboxylic acids is 1. The topological polar surface area (TPSA) is 110 Å². The van der Waals surface area contributed by atoms with Crippen LogP contribution in [0.3, 0.4) is 0 Å². The van der Waals surface area contributed by atoms with Crippen LogP contribution in [0.15, 0.2) is 24.3 Å². The molecule has 36 heavy (non-hydrogen) atoms. The van der Waals surface area contributed by atoms with Crippen molar-refractivity contribution in [1.82, 2.24) is 15.1 Å². The first kappa shape index (κ1) is 26.7. The van der Waals surface area contributed by atoms with Gasteiger partial charge >= 0.3 is 11.6 Å². The van der Waals surface area contributed by atoms with Gasteiger partial charge in [0.25, 0.3) is 12.3 Å². The highest BCUT2D eigenvalue weighted by molar-refractivity contribution is 7.32. The van der Waals surface area contributed by atoms with Gasteiger partial charge in [-0.1, -0.05) is 6.07 Å². The van der Waals surface area contributed by atoms with Crippen LogP contribution in [-0.2, 0) is 15.3 Å². The molecule has 4 rings (SSSR count). The zero-order valence-corrected chi connectivity index (χ0v) is 20.6. The lowest BCUT2D eigenvalue weighted by molar-refractivity contribution is -0.151. The van der Waals surface area contributed by atoms with Gasteiger partial charge in [-0.15, -0.1) is 11.3 Å². The first-order valence-electron chi connectivity index (χ1n) is 11.2. The van der Waals surface area contributed by atoms with Gasteiger partial charge in [-0.2, -0.15) is 8.78 Å². The molecular weight excluding hydrogens is 525 g/mol. The average Bonchev–Trinajstić information content (AvgIpc) is 3.44. The van der Waals surface area contributed by atoms with E-state index < -0.39 is 68.9 Å². The number of carboxylic acid groups (broad SMARTS) is 1. The molecule has 0 radical (unpaired) electrons. The van der Waals surface area contributed by atoms with Crippen molar-refractivity contribution < 1.29 is 41.9 Å². The minimum Gasteiger partial charge on any atom is -0.480 e. The molecule has 2 amide bonds. The lowest BCUT2D eigenvalue weighted by Gasteiger charge is -2.38. The van der Waals surface area contributed by atoms with Crippen molar-refractivity contribution in [3.63, 3.8) is 0 Å². The van der Waals surface area contributed by atoms with Crippen molar-refractivity contribution in [2.24, 2.45) is 0 Å². The highest BCUT2D eigenvalue weighted by atomic mass is 32.1. The van der Waals surface area contributed by atoms with Gasteiger partial charge in [-0.3, -0.25) is 14.5 Å². The molecule has 0 saturated carbocycles. The monoisotopic (exact) mass is 549 g/mol. The summed E-state index contributed by atoms with van der Waals surface area (Å²) >= 11 is 0.998. The van der Waals surface area contributed by atoms with Gasteiger partial charge in [0.15, 0.2) is 0 Å². The number of carbonyl (C=O) groups excluding carboxylic acids is 2. The summed E-state index contributed by atoms with van der Waals surface area (Å²) < 4.78 is 54.5. The lowest BCUT2D eigenvalue weighted by atomic mass is 10.1. The standard InChI is InChI=1S/C22H24F4N3O5PS/c23-18(24)10-28-6-5-13-2-3-15(21(32)33)29(13)20(31)14(9-28)27-19(30)17-8-11-7-12(22(25,26)35-34)1-4-16(11)36-17/h1,4,7-8,13-15,18,34-35H,2-3,5-6,9-10H2,(H,27,30)(H,32,33)/t13-,14+,15+/m1/s1. The fourth-order valence-corrected chi connectivity index (χ4v) is 6.03. The molecule has 0 aliphatic carbocycles. The molecule has 2 saturated heterocycles. The Morgan fingerprint density at radius 2 is 1.97 bits per heavy atom. The molecule has 2 fully saturated rings. The number of aliphatic carboxylic acids is 1. The summed E-state index contributed by atoms with van der Waals surface area (Å²) in [6, 6.07) is 2.35. The Kier molecular flexibility index (Phi) is 7.84. The van der Waals surface area contributed by atoms with Crippen LogP contribution in [0.2, 0.25) is 0 Å². The second kappa shape index (κ2) is 10.6. The number of hydrogen-bond acceptors (Lipinski definition) is 6. The van der Waals surface area contributed by atoms with E-state index in [4.69, 9.17) is 4.89 Å². The van der Waals surface area contributed by atoms with E-state index in [0.717, 1.165) is 17.4 Å². The third kappa shape index (κ3) is 5.49. The number of benzene rings is 1. The van der Waals surface area contributed by atoms with Gasteiger partial charge in [0.2, 0.25) is 5.91 Å². The fraction of sp³-hybridized carbons (Fsp3) is 0.500. The Bertz CT molecular complexity index is 1170. The maximum atomic E-state index is 13.9. The number of carbonyl (C=O) groups is 3. The van der Waals surface area contributed by atoms with Crippen LogP contribution in [0.25, 0.3) is 10.1 Å². The van der Waals surface area contributed by atoms with E-state index in [0.29, 0.717) is 22.9 Å². The zero-order chi connectivity index (χ0) is 26.2. The first-order chi connectivity index (χ1) is 17.0. The normalized spacial score (nSPS) is 23.9. The van der Waals surface area contributed by atoms with Crippen LogP contribution in [0.4, 0.5) is 17.6 Å². The lowest BCUT2D eigenvalue weighted by Crippen LogP contribution is -2.60. The van der Waals surface area contributed by atoms with Crippen molar-refractivity contribution in [1.29, 1.82) is 0 Å². The largest absolute Gasteiger partial charge is 0.480 e. The number of alkyl halides is 4. The van der Waals surface area contributed by atoms with Gasteiger partial charge in [-0.05, 0) is 42.8 Å². The number of hydrogen-bond donors (Lipinski definition) is 3. The van der Waals surface area contributed by atoms with Crippen molar-refractivity contribution in [3.8, 4) is 0 Å². The van der Waals surface area contributed by atoms with Crippen LogP contribution in [0.1, 0.15) is 34.5 Å². The molecule has 2 aromatic rings. The summed E-state index contributed by atoms with van der Waals surface area (Å²) in [4.78, 5) is 49.9. The highest BCUT2D eigenvalue weighted by Gasteiger charge is 2.45. The third-order valence-corrected chi connectivity index (χ3v) is 8.19. The highest BCUT2D eigenvalue weighted by Crippen LogP contribution is 2.43. The number of nitrogens with zero attached hydrogens (tertiary/aromatic N) is 2. The Labute approximate surface area is 209 Å². The van der Waals surface area contributed by atoms with Crippen LogP contribution in [0, 0.1) is 0 Å². The third-order valence-electron chi connectivity index (χ3n) is 6.50. The molecule has 1 unspecified atom stereocenters. The molecule has 2 aliphatic rings. The second-order valence-corrected chi connectivity index (χ2v) is 10.8. The molecule has 14 heteroatoms. The maximum Gasteiger partial charge on any atom is 0.326 e. The van der Waals surface area contributed by atoms with E-state index in [1.807, 2.05) is 0 Å². The molecule has 1 aromatic carbocycles. The van der Waals surface area contributed by atoms with Crippen molar-refractivity contribution in [2.75, 3.05) is 19.6 Å². The number of rotatable bonds is 7. The van der Waals surface area contributed by atoms with E-state index in [9.17, 15) is 37.1 Å². The van der Waals surface area contributed by atoms with Gasteiger partial charge in [0.05, 0.1) is 20.2 Å². The van der Waals surface area contributed by atoms with Crippen molar-refractivity contribution in [2.45, 2.75) is 49.5 Å². The molecule has 1 aromatic heterocycles. The van der Waals surface area contributed by atoms with Gasteiger partial charge in [0, 0.05) is 29.4 Å². The van der Waals surface area contributed by atoms with Crippen LogP contribution in [-0.4, -0.2) is 81.8 Å². The Hall–Kier alpha value is -2.34. The van der Waals surface area contributed by atoms with E-state index in [2.05, 4.69) is 5.32 Å². The summed E-state index contributed by atoms with van der Waals surface area (Å²) in [5.41, 5.74) is -3.83. The summed E-state index contributed by atoms with van der Waals surface area (Å²) in [5, 5.41) is 12.5. The smallest absolute Gasteiger partial charge is 0.326 e. The molecular formula is C22H24F4N3O5PS. The summed E-state index contributed by atoms with van der Waals surface area (Å²) in [6.45, 7) is -0.605. The minimum atomic E-state index is -3.43. The minimum absolute atomic E-state index is 0.111. The van der Waals surface area contributed by atoms with E-state index in [1.165, 1.54) is 28.0 Å². The average molecular weight is 549 g/mol. The molecule has 2 aliphatic heterocycles. The van der Waals surface area contributed by atoms with Gasteiger partial charge in [0.1, 0.15) is 12.1 Å².